The summed E-state index contributed by atoms with van der Waals surface area (Å²) in [6, 6.07) is 10.4. The van der Waals surface area contributed by atoms with Crippen molar-refractivity contribution in [3.05, 3.63) is 47.0 Å². The molecule has 0 N–H and O–H groups in total. The number of carbonyl (C=O) groups excluding carboxylic acids is 1. The third-order valence-electron chi connectivity index (χ3n) is 5.53. The van der Waals surface area contributed by atoms with Crippen molar-refractivity contribution in [3.63, 3.8) is 0 Å². The Morgan fingerprint density at radius 1 is 1.27 bits per heavy atom. The van der Waals surface area contributed by atoms with Gasteiger partial charge in [-0.2, -0.15) is 5.26 Å². The highest BCUT2D eigenvalue weighted by molar-refractivity contribution is 5.97. The second-order valence-corrected chi connectivity index (χ2v) is 7.55. The Bertz CT molecular complexity index is 742. The van der Waals surface area contributed by atoms with Gasteiger partial charge in [-0.25, -0.2) is 0 Å². The molecule has 5 heteroatoms. The number of amides is 1. The fourth-order valence-corrected chi connectivity index (χ4v) is 3.93. The third-order valence-corrected chi connectivity index (χ3v) is 5.53. The van der Waals surface area contributed by atoms with Gasteiger partial charge >= 0.3 is 0 Å². The SMILES string of the molecule is CC1c2ccccc2CCN1C(=O)/C(C#N)=C/C(C)(C)N1CCOCC1. The maximum absolute atomic E-state index is 13.1. The Hall–Kier alpha value is -2.16. The topological polar surface area (TPSA) is 56.6 Å². The second kappa shape index (κ2) is 7.61. The first-order chi connectivity index (χ1) is 12.4. The van der Waals surface area contributed by atoms with Crippen molar-refractivity contribution in [2.75, 3.05) is 32.8 Å². The Labute approximate surface area is 155 Å². The second-order valence-electron chi connectivity index (χ2n) is 7.55. The molecular formula is C21H27N3O2. The molecule has 2 aliphatic rings. The summed E-state index contributed by atoms with van der Waals surface area (Å²) in [5, 5.41) is 9.66. The molecule has 2 aliphatic heterocycles. The van der Waals surface area contributed by atoms with Gasteiger partial charge < -0.3 is 9.64 Å². The van der Waals surface area contributed by atoms with Gasteiger partial charge in [-0.15, -0.1) is 0 Å². The highest BCUT2D eigenvalue weighted by Crippen LogP contribution is 2.30. The number of nitriles is 1. The van der Waals surface area contributed by atoms with Crippen LogP contribution >= 0.6 is 0 Å². The first-order valence-electron chi connectivity index (χ1n) is 9.28. The lowest BCUT2D eigenvalue weighted by molar-refractivity contribution is -0.129. The minimum Gasteiger partial charge on any atom is -0.379 e. The molecule has 3 rings (SSSR count). The van der Waals surface area contributed by atoms with Gasteiger partial charge in [0, 0.05) is 25.2 Å². The summed E-state index contributed by atoms with van der Waals surface area (Å²) in [6.07, 6.45) is 2.66. The molecule has 0 aliphatic carbocycles. The predicted molar refractivity (Wildman–Crippen MR) is 100 cm³/mol. The Kier molecular flexibility index (Phi) is 5.45. The normalized spacial score (nSPS) is 21.8. The molecule has 1 aromatic rings. The smallest absolute Gasteiger partial charge is 0.264 e. The molecule has 1 atom stereocenters. The molecule has 1 fully saturated rings. The molecule has 2 heterocycles. The van der Waals surface area contributed by atoms with Crippen molar-refractivity contribution in [2.45, 2.75) is 38.8 Å². The average molecular weight is 353 g/mol. The molecule has 1 unspecified atom stereocenters. The number of morpholine rings is 1. The van der Waals surface area contributed by atoms with Crippen LogP contribution in [0, 0.1) is 11.3 Å². The van der Waals surface area contributed by atoms with Crippen LogP contribution in [0.4, 0.5) is 0 Å². The van der Waals surface area contributed by atoms with E-state index in [0.717, 1.165) is 19.5 Å². The summed E-state index contributed by atoms with van der Waals surface area (Å²) in [5.74, 6) is -0.171. The van der Waals surface area contributed by atoms with E-state index in [1.54, 1.807) is 0 Å². The third kappa shape index (κ3) is 3.67. The van der Waals surface area contributed by atoms with E-state index in [4.69, 9.17) is 4.74 Å². The highest BCUT2D eigenvalue weighted by atomic mass is 16.5. The maximum Gasteiger partial charge on any atom is 0.264 e. The number of hydrogen-bond acceptors (Lipinski definition) is 4. The minimum absolute atomic E-state index is 0.0179. The van der Waals surface area contributed by atoms with Gasteiger partial charge in [-0.3, -0.25) is 9.69 Å². The van der Waals surface area contributed by atoms with Crippen LogP contribution in [0.15, 0.2) is 35.9 Å². The number of nitrogens with zero attached hydrogens (tertiary/aromatic N) is 3. The zero-order valence-corrected chi connectivity index (χ0v) is 15.9. The van der Waals surface area contributed by atoms with Crippen LogP contribution in [0.1, 0.15) is 37.9 Å². The first kappa shape index (κ1) is 18.6. The van der Waals surface area contributed by atoms with Crippen molar-refractivity contribution in [1.29, 1.82) is 5.26 Å². The van der Waals surface area contributed by atoms with E-state index in [1.165, 1.54) is 11.1 Å². The molecular weight excluding hydrogens is 326 g/mol. The van der Waals surface area contributed by atoms with Crippen LogP contribution in [-0.4, -0.2) is 54.1 Å². The molecule has 0 aromatic heterocycles. The van der Waals surface area contributed by atoms with Crippen molar-refractivity contribution in [3.8, 4) is 6.07 Å². The van der Waals surface area contributed by atoms with Crippen LogP contribution < -0.4 is 0 Å². The molecule has 1 saturated heterocycles. The van der Waals surface area contributed by atoms with E-state index in [0.29, 0.717) is 19.8 Å². The number of benzene rings is 1. The lowest BCUT2D eigenvalue weighted by Crippen LogP contribution is -2.49. The average Bonchev–Trinajstić information content (AvgIpc) is 2.67. The van der Waals surface area contributed by atoms with E-state index in [-0.39, 0.29) is 23.1 Å². The molecule has 138 valence electrons. The minimum atomic E-state index is -0.360. The summed E-state index contributed by atoms with van der Waals surface area (Å²) in [7, 11) is 0. The summed E-state index contributed by atoms with van der Waals surface area (Å²) in [5.41, 5.74) is 2.34. The van der Waals surface area contributed by atoms with Gasteiger partial charge in [0.2, 0.25) is 0 Å². The zero-order chi connectivity index (χ0) is 18.7. The van der Waals surface area contributed by atoms with E-state index in [2.05, 4.69) is 36.9 Å². The predicted octanol–water partition coefficient (Wildman–Crippen LogP) is 2.69. The highest BCUT2D eigenvalue weighted by Gasteiger charge is 2.32. The van der Waals surface area contributed by atoms with Gasteiger partial charge in [-0.1, -0.05) is 24.3 Å². The van der Waals surface area contributed by atoms with Crippen LogP contribution in [0.2, 0.25) is 0 Å². The Morgan fingerprint density at radius 3 is 2.65 bits per heavy atom. The lowest BCUT2D eigenvalue weighted by atomic mass is 9.92. The quantitative estimate of drug-likeness (QED) is 0.619. The Balaban J connectivity index is 1.82. The van der Waals surface area contributed by atoms with Crippen LogP contribution in [-0.2, 0) is 16.0 Å². The van der Waals surface area contributed by atoms with E-state index < -0.39 is 0 Å². The standard InChI is InChI=1S/C21H27N3O2/c1-16-19-7-5-4-6-17(19)8-9-24(16)20(25)18(15-22)14-21(2,3)23-10-12-26-13-11-23/h4-7,14,16H,8-13H2,1-3H3/b18-14+. The molecule has 1 amide bonds. The van der Waals surface area contributed by atoms with Gasteiger partial charge in [0.25, 0.3) is 5.91 Å². The first-order valence-corrected chi connectivity index (χ1v) is 9.28. The number of rotatable bonds is 3. The molecule has 0 radical (unpaired) electrons. The number of hydrogen-bond donors (Lipinski definition) is 0. The molecule has 26 heavy (non-hydrogen) atoms. The van der Waals surface area contributed by atoms with Gasteiger partial charge in [-0.05, 0) is 44.4 Å². The molecule has 0 spiro atoms. The van der Waals surface area contributed by atoms with Gasteiger partial charge in [0.15, 0.2) is 0 Å². The van der Waals surface area contributed by atoms with Crippen molar-refractivity contribution < 1.29 is 9.53 Å². The van der Waals surface area contributed by atoms with Crippen LogP contribution in [0.5, 0.6) is 0 Å². The fraction of sp³-hybridized carbons (Fsp3) is 0.524. The van der Waals surface area contributed by atoms with E-state index >= 15 is 0 Å². The Morgan fingerprint density at radius 2 is 1.96 bits per heavy atom. The van der Waals surface area contributed by atoms with Crippen molar-refractivity contribution in [1.82, 2.24) is 9.80 Å². The van der Waals surface area contributed by atoms with E-state index in [1.807, 2.05) is 30.0 Å². The molecule has 1 aromatic carbocycles. The van der Waals surface area contributed by atoms with Crippen LogP contribution in [0.3, 0.4) is 0 Å². The summed E-state index contributed by atoms with van der Waals surface area (Å²) >= 11 is 0. The molecule has 0 bridgehead atoms. The molecule has 5 nitrogen and oxygen atoms in total. The van der Waals surface area contributed by atoms with Gasteiger partial charge in [0.1, 0.15) is 11.6 Å². The summed E-state index contributed by atoms with van der Waals surface area (Å²) in [6.45, 7) is 9.79. The monoisotopic (exact) mass is 353 g/mol. The number of fused-ring (bicyclic) bond motifs is 1. The van der Waals surface area contributed by atoms with Crippen LogP contribution in [0.25, 0.3) is 0 Å². The maximum atomic E-state index is 13.1. The largest absolute Gasteiger partial charge is 0.379 e. The summed E-state index contributed by atoms with van der Waals surface area (Å²) < 4.78 is 5.41. The van der Waals surface area contributed by atoms with E-state index in [9.17, 15) is 10.1 Å². The molecule has 0 saturated carbocycles. The zero-order valence-electron chi connectivity index (χ0n) is 15.9. The summed E-state index contributed by atoms with van der Waals surface area (Å²) in [4.78, 5) is 17.2. The number of carbonyl (C=O) groups is 1. The fourth-order valence-electron chi connectivity index (χ4n) is 3.93. The number of ether oxygens (including phenoxy) is 1. The van der Waals surface area contributed by atoms with Gasteiger partial charge in [0.05, 0.1) is 19.3 Å². The van der Waals surface area contributed by atoms with Crippen molar-refractivity contribution in [2.24, 2.45) is 0 Å². The lowest BCUT2D eigenvalue weighted by Gasteiger charge is -2.39. The van der Waals surface area contributed by atoms with Crippen molar-refractivity contribution >= 4 is 5.91 Å².